The van der Waals surface area contributed by atoms with Gasteiger partial charge in [-0.25, -0.2) is 0 Å². The van der Waals surface area contributed by atoms with E-state index in [1.54, 1.807) is 0 Å². The molecule has 0 aromatic carbocycles. The Morgan fingerprint density at radius 1 is 1.24 bits per heavy atom. The van der Waals surface area contributed by atoms with Gasteiger partial charge >= 0.3 is 0 Å². The van der Waals surface area contributed by atoms with E-state index >= 15 is 0 Å². The summed E-state index contributed by atoms with van der Waals surface area (Å²) in [5.41, 5.74) is 0. The molecule has 1 aliphatic carbocycles. The van der Waals surface area contributed by atoms with E-state index in [9.17, 15) is 0 Å². The molecule has 17 heavy (non-hydrogen) atoms. The van der Waals surface area contributed by atoms with Crippen LogP contribution in [0.25, 0.3) is 0 Å². The average Bonchev–Trinajstić information content (AvgIpc) is 2.90. The minimum Gasteiger partial charge on any atom is -0.314 e. The van der Waals surface area contributed by atoms with Crippen LogP contribution in [-0.4, -0.2) is 36.7 Å². The van der Waals surface area contributed by atoms with Gasteiger partial charge in [0.25, 0.3) is 0 Å². The van der Waals surface area contributed by atoms with Crippen LogP contribution in [0.3, 0.4) is 0 Å². The van der Waals surface area contributed by atoms with E-state index in [4.69, 9.17) is 0 Å². The summed E-state index contributed by atoms with van der Waals surface area (Å²) in [6.07, 6.45) is 10.7. The van der Waals surface area contributed by atoms with E-state index in [1.165, 1.54) is 51.6 Å². The molecule has 0 aromatic heterocycles. The van der Waals surface area contributed by atoms with Gasteiger partial charge in [0.2, 0.25) is 0 Å². The van der Waals surface area contributed by atoms with Crippen LogP contribution in [0.5, 0.6) is 0 Å². The van der Waals surface area contributed by atoms with Crippen molar-refractivity contribution < 1.29 is 0 Å². The van der Waals surface area contributed by atoms with E-state index in [0.717, 1.165) is 23.3 Å². The third-order valence-electron chi connectivity index (χ3n) is 4.50. The highest BCUT2D eigenvalue weighted by Crippen LogP contribution is 2.30. The third kappa shape index (κ3) is 3.87. The molecular formula is C14H28N2S. The quantitative estimate of drug-likeness (QED) is 0.791. The fourth-order valence-electron chi connectivity index (χ4n) is 3.37. The van der Waals surface area contributed by atoms with E-state index in [-0.39, 0.29) is 0 Å². The van der Waals surface area contributed by atoms with Crippen molar-refractivity contribution in [2.45, 2.75) is 62.8 Å². The summed E-state index contributed by atoms with van der Waals surface area (Å²) in [6, 6.07) is 1.58. The number of nitrogens with one attached hydrogen (secondary N) is 2. The molecule has 3 heteroatoms. The molecule has 1 heterocycles. The molecule has 4 atom stereocenters. The van der Waals surface area contributed by atoms with Gasteiger partial charge in [-0.2, -0.15) is 11.8 Å². The first kappa shape index (κ1) is 13.7. The smallest absolute Gasteiger partial charge is 0.0141 e. The highest BCUT2D eigenvalue weighted by Gasteiger charge is 2.32. The second-order valence-corrected chi connectivity index (χ2v) is 6.99. The van der Waals surface area contributed by atoms with Gasteiger partial charge in [0.15, 0.2) is 0 Å². The molecule has 4 unspecified atom stereocenters. The summed E-state index contributed by atoms with van der Waals surface area (Å²) in [4.78, 5) is 0. The zero-order chi connectivity index (χ0) is 12.1. The molecule has 2 N–H and O–H groups in total. The molecule has 1 saturated heterocycles. The fourth-order valence-corrected chi connectivity index (χ4v) is 3.64. The van der Waals surface area contributed by atoms with Crippen molar-refractivity contribution in [1.29, 1.82) is 0 Å². The van der Waals surface area contributed by atoms with Gasteiger partial charge in [0.1, 0.15) is 0 Å². The number of rotatable bonds is 5. The van der Waals surface area contributed by atoms with Crippen molar-refractivity contribution in [1.82, 2.24) is 10.6 Å². The predicted molar refractivity (Wildman–Crippen MR) is 77.8 cm³/mol. The van der Waals surface area contributed by atoms with Gasteiger partial charge in [-0.05, 0) is 44.4 Å². The van der Waals surface area contributed by atoms with Crippen molar-refractivity contribution >= 4 is 11.8 Å². The lowest BCUT2D eigenvalue weighted by Crippen LogP contribution is -2.48. The molecule has 0 spiro atoms. The lowest BCUT2D eigenvalue weighted by Gasteiger charge is -2.37. The van der Waals surface area contributed by atoms with Crippen molar-refractivity contribution in [3.8, 4) is 0 Å². The maximum Gasteiger partial charge on any atom is 0.0141 e. The summed E-state index contributed by atoms with van der Waals surface area (Å²) in [5, 5.41) is 8.30. The Bertz CT molecular complexity index is 216. The highest BCUT2D eigenvalue weighted by molar-refractivity contribution is 7.99. The lowest BCUT2D eigenvalue weighted by molar-refractivity contribution is 0.216. The average molecular weight is 256 g/mol. The van der Waals surface area contributed by atoms with Crippen LogP contribution >= 0.6 is 11.8 Å². The first-order valence-electron chi connectivity index (χ1n) is 7.31. The molecule has 0 amide bonds. The topological polar surface area (TPSA) is 24.1 Å². The summed E-state index contributed by atoms with van der Waals surface area (Å²) in [6.45, 7) is 4.74. The summed E-state index contributed by atoms with van der Waals surface area (Å²) in [7, 11) is 0. The molecule has 0 bridgehead atoms. The van der Waals surface area contributed by atoms with Crippen LogP contribution in [0.2, 0.25) is 0 Å². The number of thioether (sulfide) groups is 1. The molecule has 1 aliphatic heterocycles. The van der Waals surface area contributed by atoms with Gasteiger partial charge in [-0.15, -0.1) is 0 Å². The van der Waals surface area contributed by atoms with Crippen molar-refractivity contribution in [3.63, 3.8) is 0 Å². The highest BCUT2D eigenvalue weighted by atomic mass is 32.2. The molecule has 2 aliphatic rings. The van der Waals surface area contributed by atoms with E-state index < -0.39 is 0 Å². The maximum absolute atomic E-state index is 3.84. The molecule has 0 aromatic rings. The van der Waals surface area contributed by atoms with E-state index in [1.807, 2.05) is 11.8 Å². The molecule has 0 radical (unpaired) electrons. The Labute approximate surface area is 111 Å². The largest absolute Gasteiger partial charge is 0.314 e. The zero-order valence-electron chi connectivity index (χ0n) is 11.4. The molecule has 1 saturated carbocycles. The minimum atomic E-state index is 0.745. The second kappa shape index (κ2) is 7.01. The lowest BCUT2D eigenvalue weighted by atomic mass is 9.79. The molecule has 100 valence electrons. The van der Waals surface area contributed by atoms with Gasteiger partial charge in [-0.3, -0.25) is 0 Å². The normalized spacial score (nSPS) is 36.0. The van der Waals surface area contributed by atoms with Crippen LogP contribution < -0.4 is 10.6 Å². The Hall–Kier alpha value is 0.270. The summed E-state index contributed by atoms with van der Waals surface area (Å²) < 4.78 is 0. The molecular weight excluding hydrogens is 228 g/mol. The number of hydrogen-bond donors (Lipinski definition) is 2. The third-order valence-corrected chi connectivity index (χ3v) is 5.48. The van der Waals surface area contributed by atoms with Gasteiger partial charge in [0.05, 0.1) is 0 Å². The summed E-state index contributed by atoms with van der Waals surface area (Å²) in [5.74, 6) is 0.889. The van der Waals surface area contributed by atoms with Crippen molar-refractivity contribution in [2.24, 2.45) is 5.92 Å². The Morgan fingerprint density at radius 3 is 2.76 bits per heavy atom. The maximum atomic E-state index is 3.84. The molecule has 2 nitrogen and oxygen atoms in total. The van der Waals surface area contributed by atoms with Gasteiger partial charge < -0.3 is 10.6 Å². The summed E-state index contributed by atoms with van der Waals surface area (Å²) >= 11 is 1.97. The SMILES string of the molecule is CSC(C)CNC1CCCCC1C1CCCN1. The Kier molecular flexibility index (Phi) is 5.64. The fraction of sp³-hybridized carbons (Fsp3) is 1.00. The van der Waals surface area contributed by atoms with E-state index in [2.05, 4.69) is 23.8 Å². The van der Waals surface area contributed by atoms with Crippen LogP contribution in [-0.2, 0) is 0 Å². The van der Waals surface area contributed by atoms with Crippen LogP contribution in [0.15, 0.2) is 0 Å². The molecule has 2 fully saturated rings. The Morgan fingerprint density at radius 2 is 2.06 bits per heavy atom. The van der Waals surface area contributed by atoms with Gasteiger partial charge in [-0.1, -0.05) is 19.8 Å². The van der Waals surface area contributed by atoms with Crippen molar-refractivity contribution in [3.05, 3.63) is 0 Å². The Balaban J connectivity index is 1.83. The standard InChI is InChI=1S/C14H28N2S/c1-11(17-2)10-16-14-7-4-3-6-12(14)13-8-5-9-15-13/h11-16H,3-10H2,1-2H3. The predicted octanol–water partition coefficient (Wildman–Crippen LogP) is 2.64. The first-order valence-corrected chi connectivity index (χ1v) is 8.59. The number of hydrogen-bond acceptors (Lipinski definition) is 3. The van der Waals surface area contributed by atoms with Crippen LogP contribution in [0.1, 0.15) is 45.4 Å². The van der Waals surface area contributed by atoms with Crippen molar-refractivity contribution in [2.75, 3.05) is 19.3 Å². The van der Waals surface area contributed by atoms with Gasteiger partial charge in [0, 0.05) is 23.9 Å². The second-order valence-electron chi connectivity index (χ2n) is 5.71. The van der Waals surface area contributed by atoms with E-state index in [0.29, 0.717) is 0 Å². The van der Waals surface area contributed by atoms with Crippen LogP contribution in [0, 0.1) is 5.92 Å². The minimum absolute atomic E-state index is 0.745. The first-order chi connectivity index (χ1) is 8.31. The molecule has 2 rings (SSSR count). The monoisotopic (exact) mass is 256 g/mol. The zero-order valence-corrected chi connectivity index (χ0v) is 12.2. The van der Waals surface area contributed by atoms with Crippen LogP contribution in [0.4, 0.5) is 0 Å².